The highest BCUT2D eigenvalue weighted by Crippen LogP contribution is 2.31. The number of nitrogens with one attached hydrogen (secondary N) is 1. The Bertz CT molecular complexity index is 1230. The number of methoxy groups -OCH3 is 1. The average Bonchev–Trinajstić information content (AvgIpc) is 3.21. The first-order chi connectivity index (χ1) is 15.6. The van der Waals surface area contributed by atoms with Crippen molar-refractivity contribution in [3.8, 4) is 11.1 Å². The number of alkyl halides is 3. The third-order valence-corrected chi connectivity index (χ3v) is 4.75. The first-order valence-electron chi connectivity index (χ1n) is 9.70. The number of esters is 1. The fraction of sp³-hybridized carbons (Fsp3) is 0.167. The second kappa shape index (κ2) is 9.74. The molecule has 0 fully saturated rings. The Kier molecular flexibility index (Phi) is 7.03. The van der Waals surface area contributed by atoms with Crippen LogP contribution in [-0.4, -0.2) is 34.3 Å². The van der Waals surface area contributed by atoms with Gasteiger partial charge >= 0.3 is 12.1 Å². The first kappa shape index (κ1) is 23.8. The van der Waals surface area contributed by atoms with Crippen molar-refractivity contribution in [2.75, 3.05) is 7.11 Å². The molecule has 0 saturated heterocycles. The van der Waals surface area contributed by atoms with Crippen molar-refractivity contribution in [3.05, 3.63) is 90.5 Å². The van der Waals surface area contributed by atoms with E-state index in [1.165, 1.54) is 7.11 Å². The number of carbonyl (C=O) groups is 1. The van der Waals surface area contributed by atoms with Gasteiger partial charge in [-0.1, -0.05) is 43.5 Å². The van der Waals surface area contributed by atoms with Gasteiger partial charge in [0.15, 0.2) is 6.10 Å². The van der Waals surface area contributed by atoms with Crippen LogP contribution in [0.1, 0.15) is 17.5 Å². The van der Waals surface area contributed by atoms with Crippen LogP contribution in [0.15, 0.2) is 79.1 Å². The number of allylic oxidation sites excluding steroid dienone is 3. The highest BCUT2D eigenvalue weighted by molar-refractivity contribution is 5.85. The Hall–Kier alpha value is -3.85. The SMILES string of the molecule is C=C(/C=C\C(=C)C(F)(F)F)OCc1nc2ccc(-c3ccccc3C(O)C(=O)OC)cc2[nH]1. The van der Waals surface area contributed by atoms with E-state index in [2.05, 4.69) is 27.9 Å². The van der Waals surface area contributed by atoms with Crippen molar-refractivity contribution in [1.29, 1.82) is 0 Å². The van der Waals surface area contributed by atoms with Crippen LogP contribution in [0.25, 0.3) is 22.2 Å². The third-order valence-electron chi connectivity index (χ3n) is 4.75. The number of fused-ring (bicyclic) bond motifs is 1. The van der Waals surface area contributed by atoms with E-state index in [1.807, 2.05) is 0 Å². The van der Waals surface area contributed by atoms with Gasteiger partial charge in [0.25, 0.3) is 0 Å². The van der Waals surface area contributed by atoms with E-state index in [9.17, 15) is 23.1 Å². The largest absolute Gasteiger partial charge is 0.486 e. The van der Waals surface area contributed by atoms with E-state index >= 15 is 0 Å². The number of hydrogen-bond donors (Lipinski definition) is 2. The molecule has 1 heterocycles. The average molecular weight is 458 g/mol. The van der Waals surface area contributed by atoms with Gasteiger partial charge in [0.05, 0.1) is 18.1 Å². The number of rotatable bonds is 8. The Morgan fingerprint density at radius 3 is 2.64 bits per heavy atom. The molecule has 172 valence electrons. The predicted molar refractivity (Wildman–Crippen MR) is 117 cm³/mol. The molecular weight excluding hydrogens is 437 g/mol. The van der Waals surface area contributed by atoms with Crippen LogP contribution in [0.5, 0.6) is 0 Å². The molecule has 9 heteroatoms. The number of aliphatic hydroxyl groups excluding tert-OH is 1. The number of aromatic amines is 1. The van der Waals surface area contributed by atoms with Crippen LogP contribution in [-0.2, 0) is 20.9 Å². The molecule has 3 rings (SSSR count). The molecule has 2 aromatic carbocycles. The van der Waals surface area contributed by atoms with Crippen molar-refractivity contribution in [2.45, 2.75) is 18.9 Å². The number of nitrogens with zero attached hydrogens (tertiary/aromatic N) is 1. The van der Waals surface area contributed by atoms with Crippen LogP contribution in [0.4, 0.5) is 13.2 Å². The normalized spacial score (nSPS) is 12.6. The number of H-pyrrole nitrogens is 1. The molecule has 0 saturated carbocycles. The van der Waals surface area contributed by atoms with Crippen LogP contribution in [0.3, 0.4) is 0 Å². The van der Waals surface area contributed by atoms with Gasteiger partial charge in [-0.05, 0) is 41.0 Å². The van der Waals surface area contributed by atoms with E-state index in [1.54, 1.807) is 42.5 Å². The highest BCUT2D eigenvalue weighted by Gasteiger charge is 2.29. The lowest BCUT2D eigenvalue weighted by atomic mass is 9.96. The van der Waals surface area contributed by atoms with Crippen molar-refractivity contribution in [2.24, 2.45) is 0 Å². The number of halogens is 3. The lowest BCUT2D eigenvalue weighted by Gasteiger charge is -2.14. The van der Waals surface area contributed by atoms with Crippen LogP contribution < -0.4 is 0 Å². The third kappa shape index (κ3) is 5.69. The summed E-state index contributed by atoms with van der Waals surface area (Å²) in [7, 11) is 1.20. The van der Waals surface area contributed by atoms with Crippen molar-refractivity contribution < 1.29 is 32.5 Å². The molecule has 1 atom stereocenters. The van der Waals surface area contributed by atoms with Gasteiger partial charge in [-0.25, -0.2) is 9.78 Å². The Morgan fingerprint density at radius 1 is 1.21 bits per heavy atom. The van der Waals surface area contributed by atoms with E-state index < -0.39 is 23.8 Å². The summed E-state index contributed by atoms with van der Waals surface area (Å²) in [5, 5.41) is 10.3. The monoisotopic (exact) mass is 458 g/mol. The molecule has 0 spiro atoms. The molecule has 6 nitrogen and oxygen atoms in total. The van der Waals surface area contributed by atoms with Crippen molar-refractivity contribution in [3.63, 3.8) is 0 Å². The lowest BCUT2D eigenvalue weighted by molar-refractivity contribution is -0.150. The molecular formula is C24H21F3N2O4. The summed E-state index contributed by atoms with van der Waals surface area (Å²) < 4.78 is 47.4. The maximum Gasteiger partial charge on any atom is 0.415 e. The van der Waals surface area contributed by atoms with Crippen molar-refractivity contribution in [1.82, 2.24) is 9.97 Å². The summed E-state index contributed by atoms with van der Waals surface area (Å²) in [6, 6.07) is 12.3. The second-order valence-corrected chi connectivity index (χ2v) is 7.04. The maximum atomic E-state index is 12.5. The molecule has 33 heavy (non-hydrogen) atoms. The maximum absolute atomic E-state index is 12.5. The Labute approximate surface area is 187 Å². The summed E-state index contributed by atoms with van der Waals surface area (Å²) in [6.45, 7) is 6.46. The highest BCUT2D eigenvalue weighted by atomic mass is 19.4. The van der Waals surface area contributed by atoms with E-state index in [4.69, 9.17) is 4.74 Å². The minimum atomic E-state index is -4.52. The summed E-state index contributed by atoms with van der Waals surface area (Å²) in [5.74, 6) is -0.306. The molecule has 3 aromatic rings. The molecule has 0 radical (unpaired) electrons. The topological polar surface area (TPSA) is 84.4 Å². The number of carbonyl (C=O) groups excluding carboxylic acids is 1. The van der Waals surface area contributed by atoms with Gasteiger partial charge in [-0.2, -0.15) is 13.2 Å². The fourth-order valence-electron chi connectivity index (χ4n) is 3.03. The molecule has 0 aliphatic rings. The Morgan fingerprint density at radius 2 is 1.94 bits per heavy atom. The van der Waals surface area contributed by atoms with Crippen LogP contribution >= 0.6 is 0 Å². The number of aliphatic hydroxyl groups is 1. The summed E-state index contributed by atoms with van der Waals surface area (Å²) in [6.07, 6.45) is -4.08. The summed E-state index contributed by atoms with van der Waals surface area (Å²) in [5.41, 5.74) is 2.06. The number of benzene rings is 2. The molecule has 0 bridgehead atoms. The Balaban J connectivity index is 1.77. The quantitative estimate of drug-likeness (QED) is 0.277. The second-order valence-electron chi connectivity index (χ2n) is 7.04. The van der Waals surface area contributed by atoms with E-state index in [-0.39, 0.29) is 12.4 Å². The van der Waals surface area contributed by atoms with E-state index in [0.717, 1.165) is 17.7 Å². The standard InChI is InChI=1S/C24H21F3N2O4/c1-14(24(25,26)27)8-9-15(2)33-13-21-28-19-11-10-16(12-20(19)29-21)17-6-4-5-7-18(17)22(30)23(31)32-3/h4-12,22,30H,1-2,13H2,3H3,(H,28,29)/b9-8-. The number of hydrogen-bond acceptors (Lipinski definition) is 5. The van der Waals surface area contributed by atoms with Gasteiger partial charge < -0.3 is 19.6 Å². The smallest absolute Gasteiger partial charge is 0.415 e. The first-order valence-corrected chi connectivity index (χ1v) is 9.70. The van der Waals surface area contributed by atoms with E-state index in [0.29, 0.717) is 28.0 Å². The minimum absolute atomic E-state index is 0.0206. The summed E-state index contributed by atoms with van der Waals surface area (Å²) in [4.78, 5) is 19.3. The molecule has 0 aliphatic heterocycles. The fourth-order valence-corrected chi connectivity index (χ4v) is 3.03. The molecule has 0 aliphatic carbocycles. The van der Waals surface area contributed by atoms with Crippen LogP contribution in [0, 0.1) is 0 Å². The van der Waals surface area contributed by atoms with Crippen LogP contribution in [0.2, 0.25) is 0 Å². The number of ether oxygens (including phenoxy) is 2. The predicted octanol–water partition coefficient (Wildman–Crippen LogP) is 5.14. The zero-order valence-electron chi connectivity index (χ0n) is 17.6. The molecule has 1 aromatic heterocycles. The van der Waals surface area contributed by atoms with Crippen molar-refractivity contribution >= 4 is 17.0 Å². The summed E-state index contributed by atoms with van der Waals surface area (Å²) >= 11 is 0. The van der Waals surface area contributed by atoms with Gasteiger partial charge in [-0.15, -0.1) is 0 Å². The molecule has 0 amide bonds. The minimum Gasteiger partial charge on any atom is -0.486 e. The number of aromatic nitrogens is 2. The molecule has 2 N–H and O–H groups in total. The zero-order chi connectivity index (χ0) is 24.2. The van der Waals surface area contributed by atoms with Gasteiger partial charge in [0.1, 0.15) is 18.2 Å². The number of imidazole rings is 1. The van der Waals surface area contributed by atoms with Gasteiger partial charge in [-0.3, -0.25) is 0 Å². The zero-order valence-corrected chi connectivity index (χ0v) is 17.6. The van der Waals surface area contributed by atoms with Gasteiger partial charge in [0.2, 0.25) is 0 Å². The lowest BCUT2D eigenvalue weighted by Crippen LogP contribution is -2.14. The van der Waals surface area contributed by atoms with Gasteiger partial charge in [0, 0.05) is 5.57 Å². The molecule has 1 unspecified atom stereocenters.